The van der Waals surface area contributed by atoms with Gasteiger partial charge in [0.1, 0.15) is 5.82 Å². The number of hydrogen-bond acceptors (Lipinski definition) is 4. The van der Waals surface area contributed by atoms with Crippen LogP contribution in [0.15, 0.2) is 89.1 Å². The first-order chi connectivity index (χ1) is 17.0. The number of hydrogen-bond donors (Lipinski definition) is 1. The molecule has 1 atom stereocenters. The number of nitrogens with one attached hydrogen (secondary N) is 1. The zero-order valence-electron chi connectivity index (χ0n) is 19.5. The summed E-state index contributed by atoms with van der Waals surface area (Å²) >= 11 is 0. The number of rotatable bonds is 6. The standard InChI is InChI=1S/C28H25FN4O2/c1-18-8-6-12-22(16-18)26-31-27(35-32-26)24-19(2)33(15-14-20-9-4-3-5-10-20)28(34)30-25(24)21-11-7-13-23(29)17-21/h3-13,16-17,25H,14-15H2,1-2H3,(H,30,34). The fourth-order valence-corrected chi connectivity index (χ4v) is 4.38. The molecule has 176 valence electrons. The molecule has 7 heteroatoms. The van der Waals surface area contributed by atoms with Crippen LogP contribution in [0.5, 0.6) is 0 Å². The molecule has 2 amide bonds. The first-order valence-electron chi connectivity index (χ1n) is 11.5. The van der Waals surface area contributed by atoms with Crippen LogP contribution in [-0.2, 0) is 6.42 Å². The van der Waals surface area contributed by atoms with E-state index in [-0.39, 0.29) is 17.7 Å². The lowest BCUT2D eigenvalue weighted by molar-refractivity contribution is 0.205. The van der Waals surface area contributed by atoms with Gasteiger partial charge in [0.05, 0.1) is 11.6 Å². The summed E-state index contributed by atoms with van der Waals surface area (Å²) in [5, 5.41) is 7.21. The van der Waals surface area contributed by atoms with Gasteiger partial charge in [-0.15, -0.1) is 0 Å². The minimum absolute atomic E-state index is 0.255. The van der Waals surface area contributed by atoms with Gasteiger partial charge in [0.25, 0.3) is 5.89 Å². The summed E-state index contributed by atoms with van der Waals surface area (Å²) in [7, 11) is 0. The second kappa shape index (κ2) is 9.54. The molecule has 1 unspecified atom stereocenters. The van der Waals surface area contributed by atoms with Gasteiger partial charge in [-0.3, -0.25) is 4.90 Å². The van der Waals surface area contributed by atoms with E-state index in [1.54, 1.807) is 17.0 Å². The van der Waals surface area contributed by atoms with Gasteiger partial charge in [-0.05, 0) is 49.6 Å². The minimum Gasteiger partial charge on any atom is -0.334 e. The second-order valence-electron chi connectivity index (χ2n) is 8.62. The molecule has 2 heterocycles. The highest BCUT2D eigenvalue weighted by Crippen LogP contribution is 2.37. The molecule has 0 aliphatic carbocycles. The van der Waals surface area contributed by atoms with Gasteiger partial charge < -0.3 is 9.84 Å². The van der Waals surface area contributed by atoms with Crippen LogP contribution in [0.2, 0.25) is 0 Å². The lowest BCUT2D eigenvalue weighted by Gasteiger charge is -2.35. The average molecular weight is 469 g/mol. The summed E-state index contributed by atoms with van der Waals surface area (Å²) in [6.45, 7) is 4.33. The highest BCUT2D eigenvalue weighted by Gasteiger charge is 2.35. The number of nitrogens with zero attached hydrogens (tertiary/aromatic N) is 3. The van der Waals surface area contributed by atoms with Gasteiger partial charge in [-0.25, -0.2) is 9.18 Å². The van der Waals surface area contributed by atoms with E-state index in [0.717, 1.165) is 16.7 Å². The first kappa shape index (κ1) is 22.5. The van der Waals surface area contributed by atoms with Gasteiger partial charge in [0.2, 0.25) is 5.82 Å². The van der Waals surface area contributed by atoms with Crippen molar-refractivity contribution in [2.24, 2.45) is 0 Å². The molecule has 0 saturated heterocycles. The Hall–Kier alpha value is -4.26. The molecular weight excluding hydrogens is 443 g/mol. The molecular formula is C28H25FN4O2. The summed E-state index contributed by atoms with van der Waals surface area (Å²) in [4.78, 5) is 19.5. The Morgan fingerprint density at radius 1 is 1.00 bits per heavy atom. The van der Waals surface area contributed by atoms with E-state index < -0.39 is 6.04 Å². The molecule has 0 radical (unpaired) electrons. The van der Waals surface area contributed by atoms with Crippen molar-refractivity contribution in [2.45, 2.75) is 26.3 Å². The Balaban J connectivity index is 1.56. The number of amides is 2. The van der Waals surface area contributed by atoms with Crippen molar-refractivity contribution in [1.29, 1.82) is 0 Å². The van der Waals surface area contributed by atoms with E-state index in [1.807, 2.05) is 68.4 Å². The monoisotopic (exact) mass is 468 g/mol. The zero-order valence-corrected chi connectivity index (χ0v) is 19.5. The number of aryl methyl sites for hydroxylation is 1. The summed E-state index contributed by atoms with van der Waals surface area (Å²) < 4.78 is 19.8. The van der Waals surface area contributed by atoms with Gasteiger partial charge in [0, 0.05) is 17.8 Å². The molecule has 4 aromatic rings. The minimum atomic E-state index is -0.628. The molecule has 3 aromatic carbocycles. The molecule has 1 N–H and O–H groups in total. The van der Waals surface area contributed by atoms with Crippen molar-refractivity contribution in [2.75, 3.05) is 6.54 Å². The van der Waals surface area contributed by atoms with Crippen LogP contribution in [0.25, 0.3) is 17.0 Å². The van der Waals surface area contributed by atoms with Crippen LogP contribution in [-0.4, -0.2) is 27.6 Å². The van der Waals surface area contributed by atoms with Crippen molar-refractivity contribution >= 4 is 11.6 Å². The summed E-state index contributed by atoms with van der Waals surface area (Å²) in [5.74, 6) is 0.360. The molecule has 5 rings (SSSR count). The fourth-order valence-electron chi connectivity index (χ4n) is 4.38. The van der Waals surface area contributed by atoms with Gasteiger partial charge in [-0.1, -0.05) is 71.4 Å². The Kier molecular flexibility index (Phi) is 6.14. The van der Waals surface area contributed by atoms with E-state index in [2.05, 4.69) is 15.5 Å². The molecule has 1 aromatic heterocycles. The summed E-state index contributed by atoms with van der Waals surface area (Å²) in [6, 6.07) is 23.1. The predicted octanol–water partition coefficient (Wildman–Crippen LogP) is 5.92. The van der Waals surface area contributed by atoms with Crippen molar-refractivity contribution < 1.29 is 13.7 Å². The summed E-state index contributed by atoms with van der Waals surface area (Å²) in [5.41, 5.74) is 4.99. The second-order valence-corrected chi connectivity index (χ2v) is 8.62. The van der Waals surface area contributed by atoms with Crippen molar-refractivity contribution in [1.82, 2.24) is 20.4 Å². The molecule has 0 fully saturated rings. The first-order valence-corrected chi connectivity index (χ1v) is 11.5. The summed E-state index contributed by atoms with van der Waals surface area (Å²) in [6.07, 6.45) is 0.682. The Morgan fingerprint density at radius 2 is 1.80 bits per heavy atom. The van der Waals surface area contributed by atoms with Crippen LogP contribution in [0, 0.1) is 12.7 Å². The maximum atomic E-state index is 14.1. The van der Waals surface area contributed by atoms with E-state index >= 15 is 0 Å². The van der Waals surface area contributed by atoms with Crippen LogP contribution in [0.4, 0.5) is 9.18 Å². The predicted molar refractivity (Wildman–Crippen MR) is 132 cm³/mol. The Morgan fingerprint density at radius 3 is 2.57 bits per heavy atom. The number of carbonyl (C=O) groups is 1. The van der Waals surface area contributed by atoms with Gasteiger partial charge >= 0.3 is 6.03 Å². The van der Waals surface area contributed by atoms with Crippen LogP contribution in [0.1, 0.15) is 35.5 Å². The largest absolute Gasteiger partial charge is 0.334 e. The molecule has 0 saturated carbocycles. The SMILES string of the molecule is CC1=C(c2nc(-c3cccc(C)c3)no2)C(c2cccc(F)c2)NC(=O)N1CCc1ccccc1. The molecule has 6 nitrogen and oxygen atoms in total. The Bertz CT molecular complexity index is 1400. The van der Waals surface area contributed by atoms with Crippen LogP contribution in [0.3, 0.4) is 0 Å². The highest BCUT2D eigenvalue weighted by molar-refractivity contribution is 5.86. The van der Waals surface area contributed by atoms with Crippen LogP contribution >= 0.6 is 0 Å². The Labute approximate surface area is 203 Å². The average Bonchev–Trinajstić information content (AvgIpc) is 3.34. The third-order valence-corrected chi connectivity index (χ3v) is 6.18. The molecule has 1 aliphatic rings. The van der Waals surface area contributed by atoms with Crippen molar-refractivity contribution in [3.8, 4) is 11.4 Å². The zero-order chi connectivity index (χ0) is 24.4. The van der Waals surface area contributed by atoms with Gasteiger partial charge in [-0.2, -0.15) is 4.98 Å². The number of halogens is 1. The quantitative estimate of drug-likeness (QED) is 0.381. The molecule has 35 heavy (non-hydrogen) atoms. The highest BCUT2D eigenvalue weighted by atomic mass is 19.1. The lowest BCUT2D eigenvalue weighted by Crippen LogP contribution is -2.46. The maximum absolute atomic E-state index is 14.1. The normalized spacial score (nSPS) is 15.9. The van der Waals surface area contributed by atoms with E-state index in [4.69, 9.17) is 4.52 Å². The van der Waals surface area contributed by atoms with Crippen LogP contribution < -0.4 is 5.32 Å². The van der Waals surface area contributed by atoms with Crippen molar-refractivity contribution in [3.63, 3.8) is 0 Å². The number of allylic oxidation sites excluding steroid dienone is 1. The topological polar surface area (TPSA) is 71.3 Å². The molecule has 1 aliphatic heterocycles. The molecule has 0 bridgehead atoms. The van der Waals surface area contributed by atoms with Crippen molar-refractivity contribution in [3.05, 3.63) is 113 Å². The third kappa shape index (κ3) is 4.71. The number of urea groups is 1. The number of benzene rings is 3. The number of aromatic nitrogens is 2. The third-order valence-electron chi connectivity index (χ3n) is 6.18. The molecule has 0 spiro atoms. The fraction of sp³-hybridized carbons (Fsp3) is 0.179. The smallest absolute Gasteiger partial charge is 0.322 e. The lowest BCUT2D eigenvalue weighted by atomic mass is 9.94. The maximum Gasteiger partial charge on any atom is 0.322 e. The van der Waals surface area contributed by atoms with E-state index in [0.29, 0.717) is 35.6 Å². The van der Waals surface area contributed by atoms with Gasteiger partial charge in [0.15, 0.2) is 0 Å². The van der Waals surface area contributed by atoms with E-state index in [1.165, 1.54) is 12.1 Å². The van der Waals surface area contributed by atoms with E-state index in [9.17, 15) is 9.18 Å². The number of carbonyl (C=O) groups excluding carboxylic acids is 1.